The van der Waals surface area contributed by atoms with E-state index >= 15 is 0 Å². The largest absolute Gasteiger partial charge is 0.330 e. The molecule has 17 heavy (non-hydrogen) atoms. The van der Waals surface area contributed by atoms with Gasteiger partial charge in [-0.15, -0.1) is 0 Å². The van der Waals surface area contributed by atoms with Crippen LogP contribution in [0.3, 0.4) is 0 Å². The molecule has 0 fully saturated rings. The Labute approximate surface area is 101 Å². The van der Waals surface area contributed by atoms with Gasteiger partial charge in [0.2, 0.25) is 5.91 Å². The van der Waals surface area contributed by atoms with E-state index in [0.717, 1.165) is 5.57 Å². The van der Waals surface area contributed by atoms with Gasteiger partial charge in [-0.05, 0) is 44.2 Å². The summed E-state index contributed by atoms with van der Waals surface area (Å²) in [6, 6.07) is 5.64. The van der Waals surface area contributed by atoms with Crippen molar-refractivity contribution < 1.29 is 9.18 Å². The molecule has 1 amide bonds. The number of nitrogens with two attached hydrogens (primary N) is 1. The lowest BCUT2D eigenvalue weighted by atomic mass is 9.99. The van der Waals surface area contributed by atoms with Gasteiger partial charge >= 0.3 is 0 Å². The number of amides is 1. The van der Waals surface area contributed by atoms with Crippen LogP contribution < -0.4 is 11.1 Å². The van der Waals surface area contributed by atoms with Gasteiger partial charge in [0, 0.05) is 5.69 Å². The number of nitrogens with one attached hydrogen (secondary N) is 1. The van der Waals surface area contributed by atoms with E-state index in [-0.39, 0.29) is 17.6 Å². The van der Waals surface area contributed by atoms with Crippen molar-refractivity contribution in [1.29, 1.82) is 0 Å². The van der Waals surface area contributed by atoms with Gasteiger partial charge in [0.05, 0.1) is 5.92 Å². The van der Waals surface area contributed by atoms with Crippen molar-refractivity contribution in [2.45, 2.75) is 13.3 Å². The van der Waals surface area contributed by atoms with E-state index in [1.807, 2.05) is 0 Å². The Morgan fingerprint density at radius 3 is 2.59 bits per heavy atom. The Morgan fingerprint density at radius 2 is 2.06 bits per heavy atom. The molecule has 1 atom stereocenters. The second-order valence-electron chi connectivity index (χ2n) is 3.91. The number of benzene rings is 1. The molecule has 0 aliphatic carbocycles. The molecule has 3 N–H and O–H groups in total. The molecule has 0 aromatic heterocycles. The van der Waals surface area contributed by atoms with Crippen molar-refractivity contribution in [2.24, 2.45) is 11.7 Å². The summed E-state index contributed by atoms with van der Waals surface area (Å²) in [5, 5.41) is 2.70. The number of carbonyl (C=O) groups excluding carboxylic acids is 1. The second-order valence-corrected chi connectivity index (χ2v) is 3.91. The SMILES string of the molecule is C=C(CCN)[C@H](C)C(=O)Nc1ccc(F)cc1. The maximum atomic E-state index is 12.7. The molecule has 0 aliphatic rings. The number of carbonyl (C=O) groups is 1. The van der Waals surface area contributed by atoms with Gasteiger partial charge in [0.25, 0.3) is 0 Å². The second kappa shape index (κ2) is 6.15. The fourth-order valence-electron chi connectivity index (χ4n) is 1.37. The molecule has 0 aliphatic heterocycles. The summed E-state index contributed by atoms with van der Waals surface area (Å²) in [5.41, 5.74) is 6.77. The van der Waals surface area contributed by atoms with Crippen LogP contribution in [0.5, 0.6) is 0 Å². The van der Waals surface area contributed by atoms with Crippen molar-refractivity contribution in [2.75, 3.05) is 11.9 Å². The fourth-order valence-corrected chi connectivity index (χ4v) is 1.37. The number of hydrogen-bond acceptors (Lipinski definition) is 2. The summed E-state index contributed by atoms with van der Waals surface area (Å²) in [5.74, 6) is -0.790. The zero-order valence-electron chi connectivity index (χ0n) is 9.87. The van der Waals surface area contributed by atoms with E-state index in [2.05, 4.69) is 11.9 Å². The molecule has 0 radical (unpaired) electrons. The topological polar surface area (TPSA) is 55.1 Å². The highest BCUT2D eigenvalue weighted by Crippen LogP contribution is 2.15. The highest BCUT2D eigenvalue weighted by molar-refractivity contribution is 5.93. The number of rotatable bonds is 5. The Hall–Kier alpha value is -1.68. The smallest absolute Gasteiger partial charge is 0.231 e. The van der Waals surface area contributed by atoms with E-state index < -0.39 is 0 Å². The summed E-state index contributed by atoms with van der Waals surface area (Å²) in [7, 11) is 0. The van der Waals surface area contributed by atoms with Crippen LogP contribution in [-0.4, -0.2) is 12.5 Å². The third-order valence-electron chi connectivity index (χ3n) is 2.58. The zero-order chi connectivity index (χ0) is 12.8. The monoisotopic (exact) mass is 236 g/mol. The van der Waals surface area contributed by atoms with Gasteiger partial charge in [-0.2, -0.15) is 0 Å². The van der Waals surface area contributed by atoms with Gasteiger partial charge in [0.1, 0.15) is 5.82 Å². The lowest BCUT2D eigenvalue weighted by molar-refractivity contribution is -0.118. The first kappa shape index (κ1) is 13.4. The Kier molecular flexibility index (Phi) is 4.84. The van der Waals surface area contributed by atoms with Crippen molar-refractivity contribution in [1.82, 2.24) is 0 Å². The van der Waals surface area contributed by atoms with Crippen LogP contribution in [0, 0.1) is 11.7 Å². The average molecular weight is 236 g/mol. The molecule has 0 saturated heterocycles. The molecule has 92 valence electrons. The Morgan fingerprint density at radius 1 is 1.47 bits per heavy atom. The number of halogens is 1. The molecule has 3 nitrogen and oxygen atoms in total. The van der Waals surface area contributed by atoms with E-state index in [4.69, 9.17) is 5.73 Å². The third-order valence-corrected chi connectivity index (χ3v) is 2.58. The number of anilines is 1. The van der Waals surface area contributed by atoms with Gasteiger partial charge in [-0.25, -0.2) is 4.39 Å². The van der Waals surface area contributed by atoms with Gasteiger partial charge < -0.3 is 11.1 Å². The summed E-state index contributed by atoms with van der Waals surface area (Å²) < 4.78 is 12.7. The minimum atomic E-state index is -0.330. The molecule has 1 aromatic carbocycles. The maximum Gasteiger partial charge on any atom is 0.231 e. The van der Waals surface area contributed by atoms with Crippen LogP contribution in [0.2, 0.25) is 0 Å². The van der Waals surface area contributed by atoms with Gasteiger partial charge in [0.15, 0.2) is 0 Å². The minimum absolute atomic E-state index is 0.157. The third kappa shape index (κ3) is 4.00. The van der Waals surface area contributed by atoms with Crippen molar-refractivity contribution >= 4 is 11.6 Å². The van der Waals surface area contributed by atoms with Crippen molar-refractivity contribution in [3.8, 4) is 0 Å². The molecule has 0 heterocycles. The van der Waals surface area contributed by atoms with Crippen LogP contribution in [-0.2, 0) is 4.79 Å². The molecule has 4 heteroatoms. The lowest BCUT2D eigenvalue weighted by Gasteiger charge is -2.14. The molecular formula is C13H17FN2O. The van der Waals surface area contributed by atoms with Crippen LogP contribution in [0.1, 0.15) is 13.3 Å². The van der Waals surface area contributed by atoms with E-state index in [9.17, 15) is 9.18 Å². The molecule has 0 saturated carbocycles. The lowest BCUT2D eigenvalue weighted by Crippen LogP contribution is -2.22. The summed E-state index contributed by atoms with van der Waals surface area (Å²) in [4.78, 5) is 11.8. The quantitative estimate of drug-likeness (QED) is 0.771. The van der Waals surface area contributed by atoms with Crippen LogP contribution >= 0.6 is 0 Å². The molecule has 0 spiro atoms. The van der Waals surface area contributed by atoms with E-state index in [1.165, 1.54) is 24.3 Å². The average Bonchev–Trinajstić information content (AvgIpc) is 2.31. The maximum absolute atomic E-state index is 12.7. The van der Waals surface area contributed by atoms with Gasteiger partial charge in [-0.1, -0.05) is 12.2 Å². The fraction of sp³-hybridized carbons (Fsp3) is 0.308. The van der Waals surface area contributed by atoms with Gasteiger partial charge in [-0.3, -0.25) is 4.79 Å². The first-order valence-corrected chi connectivity index (χ1v) is 5.48. The van der Waals surface area contributed by atoms with Crippen molar-refractivity contribution in [3.63, 3.8) is 0 Å². The highest BCUT2D eigenvalue weighted by atomic mass is 19.1. The van der Waals surface area contributed by atoms with Crippen LogP contribution in [0.4, 0.5) is 10.1 Å². The van der Waals surface area contributed by atoms with E-state index in [1.54, 1.807) is 6.92 Å². The first-order chi connectivity index (χ1) is 8.04. The Bertz CT molecular complexity index is 400. The highest BCUT2D eigenvalue weighted by Gasteiger charge is 2.15. The Balaban J connectivity index is 2.59. The molecule has 0 bridgehead atoms. The summed E-state index contributed by atoms with van der Waals surface area (Å²) in [6.07, 6.45) is 0.623. The minimum Gasteiger partial charge on any atom is -0.330 e. The molecule has 1 aromatic rings. The normalized spacial score (nSPS) is 11.9. The molecule has 0 unspecified atom stereocenters. The van der Waals surface area contributed by atoms with Crippen LogP contribution in [0.15, 0.2) is 36.4 Å². The predicted molar refractivity (Wildman–Crippen MR) is 67.0 cm³/mol. The summed E-state index contributed by atoms with van der Waals surface area (Å²) in [6.45, 7) is 6.07. The van der Waals surface area contributed by atoms with Crippen LogP contribution in [0.25, 0.3) is 0 Å². The predicted octanol–water partition coefficient (Wildman–Crippen LogP) is 2.31. The number of hydrogen-bond donors (Lipinski definition) is 2. The summed E-state index contributed by atoms with van der Waals surface area (Å²) >= 11 is 0. The standard InChI is InChI=1S/C13H17FN2O/c1-9(7-8-15)10(2)13(17)16-12-5-3-11(14)4-6-12/h3-6,10H,1,7-8,15H2,2H3,(H,16,17)/t10-/m0/s1. The van der Waals surface area contributed by atoms with Crippen molar-refractivity contribution in [3.05, 3.63) is 42.2 Å². The first-order valence-electron chi connectivity index (χ1n) is 5.48. The molecular weight excluding hydrogens is 219 g/mol. The molecule has 1 rings (SSSR count). The van der Waals surface area contributed by atoms with E-state index in [0.29, 0.717) is 18.7 Å². The zero-order valence-corrected chi connectivity index (χ0v) is 9.87.